The second kappa shape index (κ2) is 5.14. The minimum atomic E-state index is 0.620. The first-order valence-electron chi connectivity index (χ1n) is 6.57. The fraction of sp³-hybridized carbons (Fsp3) is 0.0588. The molecule has 2 N–H and O–H groups in total. The van der Waals surface area contributed by atoms with Crippen LogP contribution in [0.25, 0.3) is 10.8 Å². The molecule has 0 aliphatic rings. The SMILES string of the molecule is CN(c1ccccc1C#N)c1ccc2cnccc2c1N. The molecule has 0 saturated heterocycles. The average molecular weight is 274 g/mol. The van der Waals surface area contributed by atoms with Crippen LogP contribution in [0.15, 0.2) is 54.9 Å². The normalized spacial score (nSPS) is 10.3. The summed E-state index contributed by atoms with van der Waals surface area (Å²) in [6, 6.07) is 15.5. The third kappa shape index (κ3) is 2.15. The van der Waals surface area contributed by atoms with E-state index in [4.69, 9.17) is 5.73 Å². The Kier molecular flexibility index (Phi) is 3.17. The van der Waals surface area contributed by atoms with Gasteiger partial charge < -0.3 is 10.6 Å². The number of fused-ring (bicyclic) bond motifs is 1. The summed E-state index contributed by atoms with van der Waals surface area (Å²) in [4.78, 5) is 6.04. The van der Waals surface area contributed by atoms with E-state index >= 15 is 0 Å². The highest BCUT2D eigenvalue weighted by Gasteiger charge is 2.13. The maximum Gasteiger partial charge on any atom is 0.101 e. The Morgan fingerprint density at radius 1 is 1.10 bits per heavy atom. The van der Waals surface area contributed by atoms with E-state index in [1.54, 1.807) is 18.5 Å². The maximum absolute atomic E-state index is 9.24. The second-order valence-electron chi connectivity index (χ2n) is 4.78. The van der Waals surface area contributed by atoms with Gasteiger partial charge in [-0.1, -0.05) is 18.2 Å². The molecule has 0 fully saturated rings. The smallest absolute Gasteiger partial charge is 0.101 e. The first-order chi connectivity index (χ1) is 10.2. The molecule has 0 amide bonds. The molecule has 0 atom stereocenters. The van der Waals surface area contributed by atoms with Gasteiger partial charge in [0.15, 0.2) is 0 Å². The monoisotopic (exact) mass is 274 g/mol. The van der Waals surface area contributed by atoms with Crippen LogP contribution >= 0.6 is 0 Å². The fourth-order valence-electron chi connectivity index (χ4n) is 2.46. The summed E-state index contributed by atoms with van der Waals surface area (Å²) in [7, 11) is 1.91. The predicted octanol–water partition coefficient (Wildman–Crippen LogP) is 3.46. The van der Waals surface area contributed by atoms with E-state index in [-0.39, 0.29) is 0 Å². The zero-order valence-electron chi connectivity index (χ0n) is 11.6. The second-order valence-corrected chi connectivity index (χ2v) is 4.78. The Hall–Kier alpha value is -3.06. The molecule has 0 saturated carbocycles. The minimum Gasteiger partial charge on any atom is -0.397 e. The Balaban J connectivity index is 2.16. The average Bonchev–Trinajstić information content (AvgIpc) is 2.55. The molecule has 4 heteroatoms. The Morgan fingerprint density at radius 3 is 2.71 bits per heavy atom. The van der Waals surface area contributed by atoms with E-state index < -0.39 is 0 Å². The van der Waals surface area contributed by atoms with E-state index in [2.05, 4.69) is 11.1 Å². The molecule has 102 valence electrons. The standard InChI is InChI=1S/C17H14N4/c1-21(15-5-3-2-4-12(15)10-18)16-7-6-13-11-20-9-8-14(13)17(16)19/h2-9,11H,19H2,1H3. The Morgan fingerprint density at radius 2 is 1.90 bits per heavy atom. The van der Waals surface area contributed by atoms with Gasteiger partial charge in [0.2, 0.25) is 0 Å². The quantitative estimate of drug-likeness (QED) is 0.727. The van der Waals surface area contributed by atoms with Gasteiger partial charge in [0.05, 0.1) is 22.6 Å². The lowest BCUT2D eigenvalue weighted by Crippen LogP contribution is -2.13. The van der Waals surface area contributed by atoms with E-state index in [0.29, 0.717) is 11.3 Å². The summed E-state index contributed by atoms with van der Waals surface area (Å²) in [5.74, 6) is 0. The largest absolute Gasteiger partial charge is 0.397 e. The lowest BCUT2D eigenvalue weighted by Gasteiger charge is -2.23. The molecule has 0 unspecified atom stereocenters. The van der Waals surface area contributed by atoms with Crippen LogP contribution in [-0.2, 0) is 0 Å². The van der Waals surface area contributed by atoms with Gasteiger partial charge in [-0.3, -0.25) is 4.98 Å². The predicted molar refractivity (Wildman–Crippen MR) is 85.4 cm³/mol. The molecule has 1 aromatic heterocycles. The molecule has 0 radical (unpaired) electrons. The van der Waals surface area contributed by atoms with Gasteiger partial charge in [0, 0.05) is 30.2 Å². The van der Waals surface area contributed by atoms with Crippen molar-refractivity contribution in [3.63, 3.8) is 0 Å². The van der Waals surface area contributed by atoms with Gasteiger partial charge in [-0.2, -0.15) is 5.26 Å². The minimum absolute atomic E-state index is 0.620. The molecule has 3 rings (SSSR count). The summed E-state index contributed by atoms with van der Waals surface area (Å²) in [6.07, 6.45) is 3.52. The number of pyridine rings is 1. The van der Waals surface area contributed by atoms with Crippen LogP contribution in [0.1, 0.15) is 5.56 Å². The molecule has 21 heavy (non-hydrogen) atoms. The molecule has 4 nitrogen and oxygen atoms in total. The lowest BCUT2D eigenvalue weighted by molar-refractivity contribution is 1.20. The topological polar surface area (TPSA) is 65.9 Å². The molecule has 1 heterocycles. The van der Waals surface area contributed by atoms with Gasteiger partial charge in [-0.25, -0.2) is 0 Å². The van der Waals surface area contributed by atoms with Gasteiger partial charge in [-0.05, 0) is 24.3 Å². The highest BCUT2D eigenvalue weighted by molar-refractivity contribution is 5.99. The van der Waals surface area contributed by atoms with Crippen molar-refractivity contribution in [3.8, 4) is 6.07 Å². The van der Waals surface area contributed by atoms with E-state index in [9.17, 15) is 5.26 Å². The number of para-hydroxylation sites is 1. The highest BCUT2D eigenvalue weighted by atomic mass is 15.1. The van der Waals surface area contributed by atoms with Gasteiger partial charge in [0.25, 0.3) is 0 Å². The van der Waals surface area contributed by atoms with Gasteiger partial charge in [-0.15, -0.1) is 0 Å². The van der Waals surface area contributed by atoms with Crippen LogP contribution < -0.4 is 10.6 Å². The number of nitrogens with zero attached hydrogens (tertiary/aromatic N) is 3. The van der Waals surface area contributed by atoms with Crippen molar-refractivity contribution in [3.05, 3.63) is 60.4 Å². The summed E-state index contributed by atoms with van der Waals surface area (Å²) in [5, 5.41) is 11.2. The summed E-state index contributed by atoms with van der Waals surface area (Å²) in [5.41, 5.74) is 9.31. The summed E-state index contributed by atoms with van der Waals surface area (Å²) in [6.45, 7) is 0. The number of benzene rings is 2. The molecule has 0 aliphatic heterocycles. The molecule has 0 spiro atoms. The van der Waals surface area contributed by atoms with Crippen LogP contribution in [0, 0.1) is 11.3 Å². The number of anilines is 3. The van der Waals surface area contributed by atoms with Crippen molar-refractivity contribution in [2.75, 3.05) is 17.7 Å². The number of hydrogen-bond donors (Lipinski definition) is 1. The molecular weight excluding hydrogens is 260 g/mol. The molecular formula is C17H14N4. The van der Waals surface area contributed by atoms with Crippen molar-refractivity contribution in [1.29, 1.82) is 5.26 Å². The highest BCUT2D eigenvalue weighted by Crippen LogP contribution is 2.35. The number of rotatable bonds is 2. The summed E-state index contributed by atoms with van der Waals surface area (Å²) >= 11 is 0. The zero-order valence-corrected chi connectivity index (χ0v) is 11.6. The molecule has 2 aromatic carbocycles. The Labute approximate surface area is 123 Å². The molecule has 3 aromatic rings. The van der Waals surface area contributed by atoms with Crippen molar-refractivity contribution in [1.82, 2.24) is 4.98 Å². The van der Waals surface area contributed by atoms with Gasteiger partial charge >= 0.3 is 0 Å². The molecule has 0 aliphatic carbocycles. The third-order valence-corrected chi connectivity index (χ3v) is 3.59. The van der Waals surface area contributed by atoms with Crippen molar-refractivity contribution in [2.45, 2.75) is 0 Å². The van der Waals surface area contributed by atoms with Crippen LogP contribution in [0.5, 0.6) is 0 Å². The van der Waals surface area contributed by atoms with Crippen LogP contribution in [0.4, 0.5) is 17.1 Å². The van der Waals surface area contributed by atoms with E-state index in [1.807, 2.05) is 48.3 Å². The van der Waals surface area contributed by atoms with E-state index in [0.717, 1.165) is 22.1 Å². The number of nitrogens with two attached hydrogens (primary N) is 1. The third-order valence-electron chi connectivity index (χ3n) is 3.59. The molecule has 0 bridgehead atoms. The number of nitrogen functional groups attached to an aromatic ring is 1. The van der Waals surface area contributed by atoms with Crippen LogP contribution in [0.2, 0.25) is 0 Å². The van der Waals surface area contributed by atoms with Crippen LogP contribution in [0.3, 0.4) is 0 Å². The Bertz CT molecular complexity index is 849. The summed E-state index contributed by atoms with van der Waals surface area (Å²) < 4.78 is 0. The number of nitriles is 1. The maximum atomic E-state index is 9.24. The van der Waals surface area contributed by atoms with Crippen molar-refractivity contribution < 1.29 is 0 Å². The van der Waals surface area contributed by atoms with Crippen LogP contribution in [-0.4, -0.2) is 12.0 Å². The van der Waals surface area contributed by atoms with Crippen molar-refractivity contribution in [2.24, 2.45) is 0 Å². The first kappa shape index (κ1) is 12.9. The number of aromatic nitrogens is 1. The zero-order chi connectivity index (χ0) is 14.8. The van der Waals surface area contributed by atoms with E-state index in [1.165, 1.54) is 0 Å². The van der Waals surface area contributed by atoms with Crippen molar-refractivity contribution >= 4 is 27.8 Å². The first-order valence-corrected chi connectivity index (χ1v) is 6.57. The number of hydrogen-bond acceptors (Lipinski definition) is 4. The lowest BCUT2D eigenvalue weighted by atomic mass is 10.1. The fourth-order valence-corrected chi connectivity index (χ4v) is 2.46. The van der Waals surface area contributed by atoms with Gasteiger partial charge in [0.1, 0.15) is 6.07 Å².